The highest BCUT2D eigenvalue weighted by Gasteiger charge is 2.31. The van der Waals surface area contributed by atoms with Crippen molar-refractivity contribution in [3.05, 3.63) is 16.6 Å². The molecule has 1 fully saturated rings. The first kappa shape index (κ1) is 10.1. The molecule has 1 aromatic heterocycles. The van der Waals surface area contributed by atoms with Gasteiger partial charge in [0, 0.05) is 18.1 Å². The average molecular weight is 224 g/mol. The number of aliphatic imine (C=N–C) groups is 1. The molecule has 1 aliphatic rings. The van der Waals surface area contributed by atoms with Crippen LogP contribution in [-0.4, -0.2) is 23.4 Å². The second kappa shape index (κ2) is 4.39. The molecular weight excluding hydrogens is 212 g/mol. The molecule has 80 valence electrons. The molecule has 0 aliphatic carbocycles. The highest BCUT2D eigenvalue weighted by Crippen LogP contribution is 2.18. The van der Waals surface area contributed by atoms with Gasteiger partial charge in [0.25, 0.3) is 5.91 Å². The smallest absolute Gasteiger partial charge is 0.256 e. The number of carbonyl (C=O) groups is 1. The number of thiazole rings is 1. The lowest BCUT2D eigenvalue weighted by Gasteiger charge is -2.02. The van der Waals surface area contributed by atoms with Crippen LogP contribution in [0.5, 0.6) is 0 Å². The van der Waals surface area contributed by atoms with Gasteiger partial charge >= 0.3 is 0 Å². The van der Waals surface area contributed by atoms with Crippen LogP contribution >= 0.6 is 11.3 Å². The molecule has 0 spiro atoms. The molecule has 0 saturated carbocycles. The Labute approximate surface area is 91.6 Å². The second-order valence-electron chi connectivity index (χ2n) is 3.17. The van der Waals surface area contributed by atoms with Gasteiger partial charge in [0.2, 0.25) is 0 Å². The maximum atomic E-state index is 11.6. The van der Waals surface area contributed by atoms with Gasteiger partial charge in [-0.15, -0.1) is 11.3 Å². The first-order chi connectivity index (χ1) is 7.31. The summed E-state index contributed by atoms with van der Waals surface area (Å²) in [4.78, 5) is 19.9. The average Bonchev–Trinajstić information content (AvgIpc) is 2.83. The third kappa shape index (κ3) is 2.15. The number of rotatable bonds is 3. The molecule has 0 bridgehead atoms. The van der Waals surface area contributed by atoms with Gasteiger partial charge in [-0.3, -0.25) is 15.1 Å². The summed E-state index contributed by atoms with van der Waals surface area (Å²) in [7, 11) is 0. The van der Waals surface area contributed by atoms with E-state index in [9.17, 15) is 4.79 Å². The fourth-order valence-corrected chi connectivity index (χ4v) is 1.97. The Morgan fingerprint density at radius 3 is 3.20 bits per heavy atom. The third-order valence-electron chi connectivity index (χ3n) is 1.98. The van der Waals surface area contributed by atoms with E-state index in [1.54, 1.807) is 6.20 Å². The van der Waals surface area contributed by atoms with E-state index in [0.717, 1.165) is 11.4 Å². The number of carbonyl (C=O) groups excluding carboxylic acids is 1. The SMILES string of the molecule is CCCN=C1NC(=O)C(c2nccs2)N1. The van der Waals surface area contributed by atoms with Crippen molar-refractivity contribution in [2.75, 3.05) is 6.54 Å². The first-order valence-electron chi connectivity index (χ1n) is 4.82. The highest BCUT2D eigenvalue weighted by atomic mass is 32.1. The Morgan fingerprint density at radius 2 is 2.53 bits per heavy atom. The Morgan fingerprint density at radius 1 is 1.67 bits per heavy atom. The third-order valence-corrected chi connectivity index (χ3v) is 2.82. The number of amides is 1. The minimum Gasteiger partial charge on any atom is -0.338 e. The van der Waals surface area contributed by atoms with Crippen LogP contribution in [-0.2, 0) is 4.79 Å². The van der Waals surface area contributed by atoms with Crippen molar-refractivity contribution in [1.29, 1.82) is 0 Å². The lowest BCUT2D eigenvalue weighted by Crippen LogP contribution is -2.25. The van der Waals surface area contributed by atoms with Crippen LogP contribution in [0, 0.1) is 0 Å². The fraction of sp³-hybridized carbons (Fsp3) is 0.444. The molecule has 0 radical (unpaired) electrons. The Bertz CT molecular complexity index is 373. The molecule has 1 atom stereocenters. The summed E-state index contributed by atoms with van der Waals surface area (Å²) in [6, 6.07) is -0.374. The lowest BCUT2D eigenvalue weighted by molar-refractivity contribution is -0.120. The van der Waals surface area contributed by atoms with E-state index in [4.69, 9.17) is 0 Å². The first-order valence-corrected chi connectivity index (χ1v) is 5.70. The van der Waals surface area contributed by atoms with Gasteiger partial charge in [-0.05, 0) is 6.42 Å². The van der Waals surface area contributed by atoms with E-state index in [0.29, 0.717) is 12.5 Å². The van der Waals surface area contributed by atoms with Crippen LogP contribution in [0.25, 0.3) is 0 Å². The van der Waals surface area contributed by atoms with Gasteiger partial charge in [0.15, 0.2) is 12.0 Å². The quantitative estimate of drug-likeness (QED) is 0.793. The summed E-state index contributed by atoms with van der Waals surface area (Å²) in [5, 5.41) is 8.33. The van der Waals surface area contributed by atoms with Gasteiger partial charge in [-0.2, -0.15) is 0 Å². The summed E-state index contributed by atoms with van der Waals surface area (Å²) in [6.07, 6.45) is 2.65. The van der Waals surface area contributed by atoms with Crippen molar-refractivity contribution in [2.45, 2.75) is 19.4 Å². The van der Waals surface area contributed by atoms with Crippen molar-refractivity contribution in [2.24, 2.45) is 4.99 Å². The molecule has 1 aromatic rings. The van der Waals surface area contributed by atoms with E-state index in [-0.39, 0.29) is 11.9 Å². The van der Waals surface area contributed by atoms with Crippen molar-refractivity contribution in [3.63, 3.8) is 0 Å². The molecule has 1 amide bonds. The van der Waals surface area contributed by atoms with Crippen LogP contribution < -0.4 is 10.6 Å². The molecule has 5 nitrogen and oxygen atoms in total. The molecule has 6 heteroatoms. The van der Waals surface area contributed by atoms with Crippen LogP contribution in [0.15, 0.2) is 16.6 Å². The van der Waals surface area contributed by atoms with Crippen LogP contribution in [0.1, 0.15) is 24.4 Å². The van der Waals surface area contributed by atoms with Gasteiger partial charge in [-0.1, -0.05) is 6.92 Å². The largest absolute Gasteiger partial charge is 0.338 e. The molecule has 1 unspecified atom stereocenters. The minimum absolute atomic E-state index is 0.0835. The molecule has 2 heterocycles. The zero-order valence-corrected chi connectivity index (χ0v) is 9.17. The standard InChI is InChI=1S/C9H12N4OS/c1-2-3-11-9-12-6(7(14)13-9)8-10-4-5-15-8/h4-6H,2-3H2,1H3,(H2,11,12,13,14). The van der Waals surface area contributed by atoms with Gasteiger partial charge in [-0.25, -0.2) is 4.98 Å². The number of hydrogen-bond acceptors (Lipinski definition) is 4. The second-order valence-corrected chi connectivity index (χ2v) is 4.09. The van der Waals surface area contributed by atoms with Crippen LogP contribution in [0.4, 0.5) is 0 Å². The Kier molecular flexibility index (Phi) is 2.96. The van der Waals surface area contributed by atoms with Crippen LogP contribution in [0.3, 0.4) is 0 Å². The molecule has 1 aliphatic heterocycles. The molecule has 0 aromatic carbocycles. The molecule has 15 heavy (non-hydrogen) atoms. The van der Waals surface area contributed by atoms with Gasteiger partial charge in [0.05, 0.1) is 0 Å². The molecule has 1 saturated heterocycles. The molecular formula is C9H12N4OS. The zero-order valence-electron chi connectivity index (χ0n) is 8.36. The Balaban J connectivity index is 2.08. The van der Waals surface area contributed by atoms with Crippen LogP contribution in [0.2, 0.25) is 0 Å². The summed E-state index contributed by atoms with van der Waals surface area (Å²) < 4.78 is 0. The summed E-state index contributed by atoms with van der Waals surface area (Å²) >= 11 is 1.46. The molecule has 2 N–H and O–H groups in total. The predicted molar refractivity (Wildman–Crippen MR) is 58.7 cm³/mol. The summed E-state index contributed by atoms with van der Waals surface area (Å²) in [5.41, 5.74) is 0. The van der Waals surface area contributed by atoms with E-state index >= 15 is 0 Å². The topological polar surface area (TPSA) is 66.4 Å². The van der Waals surface area contributed by atoms with Gasteiger partial charge in [0.1, 0.15) is 5.01 Å². The van der Waals surface area contributed by atoms with E-state index < -0.39 is 0 Å². The predicted octanol–water partition coefficient (Wildman–Crippen LogP) is 0.670. The lowest BCUT2D eigenvalue weighted by atomic mass is 10.3. The van der Waals surface area contributed by atoms with Crippen molar-refractivity contribution in [3.8, 4) is 0 Å². The van der Waals surface area contributed by atoms with Crippen molar-refractivity contribution in [1.82, 2.24) is 15.6 Å². The highest BCUT2D eigenvalue weighted by molar-refractivity contribution is 7.09. The number of nitrogens with zero attached hydrogens (tertiary/aromatic N) is 2. The number of hydrogen-bond donors (Lipinski definition) is 2. The number of nitrogens with one attached hydrogen (secondary N) is 2. The minimum atomic E-state index is -0.374. The molecule has 2 rings (SSSR count). The van der Waals surface area contributed by atoms with E-state index in [1.807, 2.05) is 12.3 Å². The monoisotopic (exact) mass is 224 g/mol. The van der Waals surface area contributed by atoms with Gasteiger partial charge < -0.3 is 5.32 Å². The fourth-order valence-electron chi connectivity index (χ4n) is 1.29. The zero-order chi connectivity index (χ0) is 10.7. The number of guanidine groups is 1. The Hall–Kier alpha value is -1.43. The number of aromatic nitrogens is 1. The maximum Gasteiger partial charge on any atom is 0.256 e. The maximum absolute atomic E-state index is 11.6. The summed E-state index contributed by atoms with van der Waals surface area (Å²) in [5.74, 6) is 0.474. The van der Waals surface area contributed by atoms with Crippen molar-refractivity contribution < 1.29 is 4.79 Å². The summed E-state index contributed by atoms with van der Waals surface area (Å²) in [6.45, 7) is 2.76. The van der Waals surface area contributed by atoms with E-state index in [2.05, 4.69) is 20.6 Å². The normalized spacial score (nSPS) is 22.9. The van der Waals surface area contributed by atoms with Crippen molar-refractivity contribution >= 4 is 23.2 Å². The van der Waals surface area contributed by atoms with E-state index in [1.165, 1.54) is 11.3 Å².